The fourth-order valence-electron chi connectivity index (χ4n) is 5.91. The minimum atomic E-state index is -5.09. The van der Waals surface area contributed by atoms with Crippen molar-refractivity contribution >= 4 is 28.9 Å². The highest BCUT2D eigenvalue weighted by molar-refractivity contribution is 6.07. The number of amides is 2. The largest absolute Gasteiger partial charge is 0.446 e. The predicted octanol–water partition coefficient (Wildman–Crippen LogP) is 5.48. The number of piperazine rings is 1. The molecule has 3 aliphatic rings. The van der Waals surface area contributed by atoms with Crippen molar-refractivity contribution in [1.29, 1.82) is 0 Å². The SMILES string of the molecule is C[C@@H]1CN(c2cc(F)c(C3=CCN(C(=O)OC4CC(F)(F)C4)CC3)c(F)c2NC(=O)c2c[nH]c(=O)cc2C(F)(F)F)C[C@H](C)N1C. The Bertz CT molecular complexity index is 1610. The fraction of sp³-hybridized carbons (Fsp3) is 0.500. The van der Waals surface area contributed by atoms with Crippen LogP contribution in [0.5, 0.6) is 0 Å². The highest BCUT2D eigenvalue weighted by Crippen LogP contribution is 2.41. The standard InChI is InChI=1S/C30H32F7N5O4/c1-15-13-42(14-16(2)40(15)3)22-9-21(31)24(17-4-6-41(7-5-17)28(45)46-18-10-29(33,34)11-18)25(32)26(22)39-27(44)19-12-38-23(43)8-20(19)30(35,36)37/h4,8-9,12,15-16,18H,5-7,10-11,13-14H2,1-3H3,(H,38,43)(H,39,44)/t15-,16+. The second-order valence-electron chi connectivity index (χ2n) is 12.0. The Morgan fingerprint density at radius 3 is 2.30 bits per heavy atom. The van der Waals surface area contributed by atoms with E-state index in [0.717, 1.165) is 6.07 Å². The number of carbonyl (C=O) groups is 2. The first-order valence-corrected chi connectivity index (χ1v) is 14.6. The molecule has 250 valence electrons. The molecule has 1 aromatic carbocycles. The van der Waals surface area contributed by atoms with E-state index >= 15 is 8.78 Å². The third kappa shape index (κ3) is 6.71. The number of halogens is 7. The normalized spacial score (nSPS) is 22.3. The number of nitrogens with zero attached hydrogens (tertiary/aromatic N) is 3. The van der Waals surface area contributed by atoms with Gasteiger partial charge in [-0.3, -0.25) is 14.5 Å². The zero-order chi connectivity index (χ0) is 33.7. The molecule has 46 heavy (non-hydrogen) atoms. The lowest BCUT2D eigenvalue weighted by molar-refractivity contribution is -0.147. The average molecular weight is 660 g/mol. The van der Waals surface area contributed by atoms with Crippen molar-refractivity contribution in [1.82, 2.24) is 14.8 Å². The molecule has 2 atom stereocenters. The van der Waals surface area contributed by atoms with Gasteiger partial charge >= 0.3 is 12.3 Å². The van der Waals surface area contributed by atoms with E-state index in [4.69, 9.17) is 4.74 Å². The third-order valence-corrected chi connectivity index (χ3v) is 8.72. The molecule has 2 aromatic rings. The summed E-state index contributed by atoms with van der Waals surface area (Å²) in [5, 5.41) is 2.21. The number of H-pyrrole nitrogens is 1. The lowest BCUT2D eigenvalue weighted by Gasteiger charge is -2.44. The van der Waals surface area contributed by atoms with Crippen LogP contribution in [-0.2, 0) is 10.9 Å². The molecule has 1 saturated heterocycles. The molecule has 1 aliphatic carbocycles. The number of likely N-dealkylation sites (N-methyl/N-ethyl adjacent to an activating group) is 1. The molecule has 0 radical (unpaired) electrons. The minimum Gasteiger partial charge on any atom is -0.446 e. The highest BCUT2D eigenvalue weighted by atomic mass is 19.4. The number of ether oxygens (including phenoxy) is 1. The number of hydrogen-bond acceptors (Lipinski definition) is 6. The van der Waals surface area contributed by atoms with E-state index in [1.165, 1.54) is 11.0 Å². The van der Waals surface area contributed by atoms with Gasteiger partial charge in [-0.15, -0.1) is 0 Å². The molecule has 2 N–H and O–H groups in total. The van der Waals surface area contributed by atoms with Crippen molar-refractivity contribution in [3.8, 4) is 0 Å². The van der Waals surface area contributed by atoms with E-state index in [2.05, 4.69) is 5.32 Å². The Hall–Kier alpha value is -4.08. The van der Waals surface area contributed by atoms with E-state index in [0.29, 0.717) is 6.20 Å². The number of benzene rings is 1. The molecule has 9 nitrogen and oxygen atoms in total. The Morgan fingerprint density at radius 1 is 1.09 bits per heavy atom. The molecule has 0 bridgehead atoms. The maximum absolute atomic E-state index is 16.4. The number of alkyl halides is 5. The van der Waals surface area contributed by atoms with Crippen LogP contribution in [-0.4, -0.2) is 84.1 Å². The maximum atomic E-state index is 16.4. The zero-order valence-electron chi connectivity index (χ0n) is 25.1. The summed E-state index contributed by atoms with van der Waals surface area (Å²) in [4.78, 5) is 44.2. The monoisotopic (exact) mass is 659 g/mol. The predicted molar refractivity (Wildman–Crippen MR) is 154 cm³/mol. The summed E-state index contributed by atoms with van der Waals surface area (Å²) in [6.07, 6.45) is -6.17. The van der Waals surface area contributed by atoms with Crippen molar-refractivity contribution in [2.45, 2.75) is 63.4 Å². The van der Waals surface area contributed by atoms with Crippen LogP contribution in [0.2, 0.25) is 0 Å². The van der Waals surface area contributed by atoms with Crippen LogP contribution < -0.4 is 15.8 Å². The minimum absolute atomic E-state index is 0.0596. The van der Waals surface area contributed by atoms with Crippen molar-refractivity contribution in [3.63, 3.8) is 0 Å². The Morgan fingerprint density at radius 2 is 1.74 bits per heavy atom. The maximum Gasteiger partial charge on any atom is 0.417 e. The van der Waals surface area contributed by atoms with Gasteiger partial charge in [-0.1, -0.05) is 6.08 Å². The third-order valence-electron chi connectivity index (χ3n) is 8.72. The summed E-state index contributed by atoms with van der Waals surface area (Å²) in [5.41, 5.74) is -4.68. The molecule has 16 heteroatoms. The van der Waals surface area contributed by atoms with Gasteiger partial charge in [0.25, 0.3) is 11.8 Å². The van der Waals surface area contributed by atoms with Crippen LogP contribution in [0, 0.1) is 11.6 Å². The first-order chi connectivity index (χ1) is 21.4. The van der Waals surface area contributed by atoms with E-state index in [1.54, 1.807) is 4.90 Å². The highest BCUT2D eigenvalue weighted by Gasteiger charge is 2.48. The quantitative estimate of drug-likeness (QED) is 0.413. The van der Waals surface area contributed by atoms with E-state index in [9.17, 15) is 36.3 Å². The molecule has 1 saturated carbocycles. The Labute approximate surface area is 259 Å². The molecule has 1 aromatic heterocycles. The van der Waals surface area contributed by atoms with E-state index in [-0.39, 0.29) is 62.0 Å². The summed E-state index contributed by atoms with van der Waals surface area (Å²) in [6, 6.07) is 1.04. The number of aromatic amines is 1. The summed E-state index contributed by atoms with van der Waals surface area (Å²) in [6.45, 7) is 4.12. The van der Waals surface area contributed by atoms with Gasteiger partial charge in [0.05, 0.1) is 22.4 Å². The van der Waals surface area contributed by atoms with Gasteiger partial charge in [0.1, 0.15) is 17.6 Å². The van der Waals surface area contributed by atoms with Gasteiger partial charge in [0.15, 0.2) is 5.82 Å². The molecule has 5 rings (SSSR count). The number of aromatic nitrogens is 1. The Balaban J connectivity index is 1.49. The summed E-state index contributed by atoms with van der Waals surface area (Å²) >= 11 is 0. The molecule has 2 aliphatic heterocycles. The number of carbonyl (C=O) groups excluding carboxylic acids is 2. The lowest BCUT2D eigenvalue weighted by atomic mass is 9.91. The number of rotatable bonds is 5. The average Bonchev–Trinajstić information content (AvgIpc) is 2.95. The van der Waals surface area contributed by atoms with Gasteiger partial charge < -0.3 is 24.8 Å². The lowest BCUT2D eigenvalue weighted by Crippen LogP contribution is -2.55. The van der Waals surface area contributed by atoms with Crippen LogP contribution in [0.25, 0.3) is 5.57 Å². The number of nitrogens with one attached hydrogen (secondary N) is 2. The van der Waals surface area contributed by atoms with Crippen LogP contribution in [0.1, 0.15) is 54.6 Å². The number of hydrogen-bond donors (Lipinski definition) is 2. The smallest absolute Gasteiger partial charge is 0.417 e. The van der Waals surface area contributed by atoms with Crippen molar-refractivity contribution in [3.05, 3.63) is 63.1 Å². The summed E-state index contributed by atoms with van der Waals surface area (Å²) < 4.78 is 105. The molecule has 3 heterocycles. The molecular weight excluding hydrogens is 627 g/mol. The molecule has 2 amide bonds. The van der Waals surface area contributed by atoms with Gasteiger partial charge in [-0.25, -0.2) is 22.4 Å². The first-order valence-electron chi connectivity index (χ1n) is 14.6. The van der Waals surface area contributed by atoms with Gasteiger partial charge in [0, 0.05) is 69.4 Å². The zero-order valence-corrected chi connectivity index (χ0v) is 25.1. The molecule has 2 fully saturated rings. The summed E-state index contributed by atoms with van der Waals surface area (Å²) in [5.74, 6) is -6.51. The van der Waals surface area contributed by atoms with Crippen LogP contribution >= 0.6 is 0 Å². The van der Waals surface area contributed by atoms with Gasteiger partial charge in [-0.05, 0) is 32.9 Å². The second-order valence-corrected chi connectivity index (χ2v) is 12.0. The summed E-state index contributed by atoms with van der Waals surface area (Å²) in [7, 11) is 1.88. The van der Waals surface area contributed by atoms with Crippen LogP contribution in [0.4, 0.5) is 46.9 Å². The van der Waals surface area contributed by atoms with E-state index in [1.807, 2.05) is 30.8 Å². The molecule has 0 unspecified atom stereocenters. The van der Waals surface area contributed by atoms with Crippen molar-refractivity contribution in [2.75, 3.05) is 43.4 Å². The van der Waals surface area contributed by atoms with Crippen molar-refractivity contribution < 1.29 is 45.1 Å². The van der Waals surface area contributed by atoms with Crippen LogP contribution in [0.3, 0.4) is 0 Å². The fourth-order valence-corrected chi connectivity index (χ4v) is 5.91. The topological polar surface area (TPSA) is 98.0 Å². The Kier molecular flexibility index (Phi) is 8.87. The van der Waals surface area contributed by atoms with Crippen LogP contribution in [0.15, 0.2) is 29.2 Å². The second kappa shape index (κ2) is 12.3. The number of pyridine rings is 1. The first kappa shape index (κ1) is 33.3. The van der Waals surface area contributed by atoms with Gasteiger partial charge in [0.2, 0.25) is 5.56 Å². The number of anilines is 2. The molecular formula is C30H32F7N5O4. The van der Waals surface area contributed by atoms with Gasteiger partial charge in [-0.2, -0.15) is 13.2 Å². The van der Waals surface area contributed by atoms with E-state index < -0.39 is 82.6 Å². The molecule has 0 spiro atoms. The van der Waals surface area contributed by atoms with Crippen molar-refractivity contribution in [2.24, 2.45) is 0 Å².